The summed E-state index contributed by atoms with van der Waals surface area (Å²) >= 11 is 5.78. The van der Waals surface area contributed by atoms with Crippen molar-refractivity contribution in [2.75, 3.05) is 25.0 Å². The molecule has 0 unspecified atom stereocenters. The van der Waals surface area contributed by atoms with Gasteiger partial charge < -0.3 is 15.3 Å². The van der Waals surface area contributed by atoms with Crippen LogP contribution in [0.15, 0.2) is 18.2 Å². The molecule has 2 N–H and O–H groups in total. The van der Waals surface area contributed by atoms with Crippen LogP contribution < -0.4 is 5.32 Å². The minimum absolute atomic E-state index is 0.112. The Morgan fingerprint density at radius 2 is 2.00 bits per heavy atom. The molecule has 1 amide bonds. The Kier molecular flexibility index (Phi) is 4.84. The lowest BCUT2D eigenvalue weighted by atomic mass is 10.1. The first-order valence-corrected chi connectivity index (χ1v) is 7.00. The quantitative estimate of drug-likeness (QED) is 0.876. The summed E-state index contributed by atoms with van der Waals surface area (Å²) in [5.74, 6) is -0.929. The Bertz CT molecular complexity index is 513. The average molecular weight is 297 g/mol. The van der Waals surface area contributed by atoms with Gasteiger partial charge in [0.2, 0.25) is 5.91 Å². The normalized spacial score (nSPS) is 14.3. The Hall–Kier alpha value is -1.75. The summed E-state index contributed by atoms with van der Waals surface area (Å²) in [4.78, 5) is 24.8. The molecule has 1 aliphatic heterocycles. The summed E-state index contributed by atoms with van der Waals surface area (Å²) in [6, 6.07) is 4.64. The van der Waals surface area contributed by atoms with Crippen LogP contribution in [0.3, 0.4) is 0 Å². The molecule has 0 atom stereocenters. The van der Waals surface area contributed by atoms with E-state index in [1.54, 1.807) is 12.1 Å². The Morgan fingerprint density at radius 3 is 2.65 bits per heavy atom. The number of nitrogens with one attached hydrogen (secondary N) is 1. The fourth-order valence-corrected chi connectivity index (χ4v) is 2.45. The second kappa shape index (κ2) is 6.61. The van der Waals surface area contributed by atoms with Gasteiger partial charge in [-0.2, -0.15) is 0 Å². The largest absolute Gasteiger partial charge is 0.478 e. The number of benzene rings is 1. The highest BCUT2D eigenvalue weighted by Crippen LogP contribution is 2.20. The van der Waals surface area contributed by atoms with Gasteiger partial charge in [0.05, 0.1) is 5.56 Å². The molecule has 1 fully saturated rings. The van der Waals surface area contributed by atoms with Crippen molar-refractivity contribution in [2.45, 2.75) is 19.3 Å². The lowest BCUT2D eigenvalue weighted by Crippen LogP contribution is -2.29. The third kappa shape index (κ3) is 3.63. The fraction of sp³-hybridized carbons (Fsp3) is 0.429. The molecule has 0 aliphatic carbocycles. The Balaban J connectivity index is 1.90. The first kappa shape index (κ1) is 14.7. The van der Waals surface area contributed by atoms with Crippen molar-refractivity contribution in [3.63, 3.8) is 0 Å². The first-order valence-electron chi connectivity index (χ1n) is 6.62. The van der Waals surface area contributed by atoms with Gasteiger partial charge in [-0.3, -0.25) is 4.79 Å². The van der Waals surface area contributed by atoms with Crippen LogP contribution in [0.25, 0.3) is 0 Å². The number of carboxylic acid groups (broad SMARTS) is 1. The molecule has 0 spiro atoms. The molecule has 20 heavy (non-hydrogen) atoms. The molecule has 0 radical (unpaired) electrons. The molecule has 2 rings (SSSR count). The van der Waals surface area contributed by atoms with E-state index < -0.39 is 5.97 Å². The van der Waals surface area contributed by atoms with Crippen molar-refractivity contribution in [3.05, 3.63) is 28.8 Å². The highest BCUT2D eigenvalue weighted by atomic mass is 35.5. The molecule has 0 saturated carbocycles. The molecule has 108 valence electrons. The van der Waals surface area contributed by atoms with E-state index in [1.807, 2.05) is 4.90 Å². The van der Waals surface area contributed by atoms with Crippen molar-refractivity contribution in [1.82, 2.24) is 4.90 Å². The molecular formula is C14H17ClN2O3. The predicted molar refractivity (Wildman–Crippen MR) is 77.3 cm³/mol. The van der Waals surface area contributed by atoms with E-state index in [0.29, 0.717) is 23.7 Å². The van der Waals surface area contributed by atoms with Crippen LogP contribution in [0.1, 0.15) is 29.6 Å². The minimum Gasteiger partial charge on any atom is -0.478 e. The van der Waals surface area contributed by atoms with Gasteiger partial charge >= 0.3 is 5.97 Å². The Morgan fingerprint density at radius 1 is 1.30 bits per heavy atom. The summed E-state index contributed by atoms with van der Waals surface area (Å²) < 4.78 is 0. The van der Waals surface area contributed by atoms with Gasteiger partial charge in [0.15, 0.2) is 0 Å². The molecule has 1 aromatic rings. The van der Waals surface area contributed by atoms with Crippen molar-refractivity contribution < 1.29 is 14.7 Å². The maximum atomic E-state index is 11.9. The number of rotatable bonds is 5. The second-order valence-corrected chi connectivity index (χ2v) is 5.20. The molecule has 0 bridgehead atoms. The third-order valence-corrected chi connectivity index (χ3v) is 3.56. The number of amides is 1. The number of carbonyl (C=O) groups is 2. The predicted octanol–water partition coefficient (Wildman–Crippen LogP) is 2.46. The number of carboxylic acids is 1. The molecule has 1 aromatic carbocycles. The summed E-state index contributed by atoms with van der Waals surface area (Å²) in [5, 5.41) is 12.5. The van der Waals surface area contributed by atoms with Crippen LogP contribution in [0.4, 0.5) is 5.69 Å². The number of likely N-dealkylation sites (tertiary alicyclic amines) is 1. The van der Waals surface area contributed by atoms with Crippen LogP contribution in [-0.2, 0) is 4.79 Å². The van der Waals surface area contributed by atoms with E-state index in [4.69, 9.17) is 16.7 Å². The molecule has 1 saturated heterocycles. The van der Waals surface area contributed by atoms with Crippen LogP contribution >= 0.6 is 11.6 Å². The summed E-state index contributed by atoms with van der Waals surface area (Å²) in [5.41, 5.74) is 0.599. The average Bonchev–Trinajstić information content (AvgIpc) is 2.94. The first-order chi connectivity index (χ1) is 9.58. The van der Waals surface area contributed by atoms with Crippen molar-refractivity contribution >= 4 is 29.2 Å². The zero-order valence-electron chi connectivity index (χ0n) is 11.1. The number of aromatic carboxylic acids is 1. The molecule has 1 aliphatic rings. The summed E-state index contributed by atoms with van der Waals surface area (Å²) in [7, 11) is 0. The van der Waals surface area contributed by atoms with Crippen molar-refractivity contribution in [1.29, 1.82) is 0 Å². The number of halogens is 1. The van der Waals surface area contributed by atoms with Gasteiger partial charge in [-0.05, 0) is 31.0 Å². The lowest BCUT2D eigenvalue weighted by molar-refractivity contribution is -0.129. The van der Waals surface area contributed by atoms with Crippen molar-refractivity contribution in [3.8, 4) is 0 Å². The topological polar surface area (TPSA) is 69.6 Å². The van der Waals surface area contributed by atoms with Crippen LogP contribution in [0.5, 0.6) is 0 Å². The van der Waals surface area contributed by atoms with E-state index in [0.717, 1.165) is 25.9 Å². The van der Waals surface area contributed by atoms with E-state index in [2.05, 4.69) is 5.32 Å². The van der Waals surface area contributed by atoms with Gasteiger partial charge in [0, 0.05) is 36.8 Å². The minimum atomic E-state index is -1.04. The summed E-state index contributed by atoms with van der Waals surface area (Å²) in [6.45, 7) is 2.08. The van der Waals surface area contributed by atoms with Crippen LogP contribution in [0.2, 0.25) is 5.02 Å². The number of hydrogen-bond donors (Lipinski definition) is 2. The number of carbonyl (C=O) groups excluding carboxylic acids is 1. The van der Waals surface area contributed by atoms with E-state index in [-0.39, 0.29) is 11.5 Å². The Labute approximate surface area is 122 Å². The number of nitrogens with zero attached hydrogens (tertiary/aromatic N) is 1. The number of anilines is 1. The number of hydrogen-bond acceptors (Lipinski definition) is 3. The molecular weight excluding hydrogens is 280 g/mol. The van der Waals surface area contributed by atoms with Crippen LogP contribution in [-0.4, -0.2) is 41.5 Å². The molecule has 6 heteroatoms. The van der Waals surface area contributed by atoms with E-state index in [1.165, 1.54) is 6.07 Å². The van der Waals surface area contributed by atoms with Gasteiger partial charge in [0.1, 0.15) is 0 Å². The monoisotopic (exact) mass is 296 g/mol. The van der Waals surface area contributed by atoms with E-state index >= 15 is 0 Å². The maximum absolute atomic E-state index is 11.9. The van der Waals surface area contributed by atoms with E-state index in [9.17, 15) is 9.59 Å². The van der Waals surface area contributed by atoms with Gasteiger partial charge in [0.25, 0.3) is 0 Å². The standard InChI is InChI=1S/C14H17ClN2O3/c15-10-3-4-12(11(9-10)14(19)20)16-6-5-13(18)17-7-1-2-8-17/h3-4,9,16H,1-2,5-8H2,(H,19,20). The van der Waals surface area contributed by atoms with Gasteiger partial charge in [-0.25, -0.2) is 4.79 Å². The van der Waals surface area contributed by atoms with Gasteiger partial charge in [-0.1, -0.05) is 11.6 Å². The van der Waals surface area contributed by atoms with Crippen LogP contribution in [0, 0.1) is 0 Å². The molecule has 0 aromatic heterocycles. The SMILES string of the molecule is O=C(O)c1cc(Cl)ccc1NCCC(=O)N1CCCC1. The fourth-order valence-electron chi connectivity index (χ4n) is 2.28. The molecule has 1 heterocycles. The maximum Gasteiger partial charge on any atom is 0.337 e. The van der Waals surface area contributed by atoms with Gasteiger partial charge in [-0.15, -0.1) is 0 Å². The third-order valence-electron chi connectivity index (χ3n) is 3.33. The highest BCUT2D eigenvalue weighted by molar-refractivity contribution is 6.31. The smallest absolute Gasteiger partial charge is 0.337 e. The molecule has 5 nitrogen and oxygen atoms in total. The lowest BCUT2D eigenvalue weighted by Gasteiger charge is -2.16. The summed E-state index contributed by atoms with van der Waals surface area (Å²) in [6.07, 6.45) is 2.50. The zero-order chi connectivity index (χ0) is 14.5. The van der Waals surface area contributed by atoms with Crippen molar-refractivity contribution in [2.24, 2.45) is 0 Å². The second-order valence-electron chi connectivity index (χ2n) is 4.76. The highest BCUT2D eigenvalue weighted by Gasteiger charge is 2.17. The zero-order valence-corrected chi connectivity index (χ0v) is 11.8.